The molecule has 0 spiro atoms. The largest absolute Gasteiger partial charge is 0.454 e. The summed E-state index contributed by atoms with van der Waals surface area (Å²) < 4.78 is 39.2. The van der Waals surface area contributed by atoms with Crippen molar-refractivity contribution < 1.29 is 27.8 Å². The van der Waals surface area contributed by atoms with Crippen LogP contribution in [0.2, 0.25) is 0 Å². The van der Waals surface area contributed by atoms with Crippen molar-refractivity contribution in [3.05, 3.63) is 59.7 Å². The SMILES string of the molecule is CCN(Cc1ccc2c(c1)OCO2)C(=O)/C=C/c1ccc(OC(F)F)cc1. The van der Waals surface area contributed by atoms with Crippen molar-refractivity contribution in [3.8, 4) is 17.2 Å². The van der Waals surface area contributed by atoms with Gasteiger partial charge in [-0.3, -0.25) is 4.79 Å². The lowest BCUT2D eigenvalue weighted by Gasteiger charge is -2.19. The van der Waals surface area contributed by atoms with Crippen molar-refractivity contribution >= 4 is 12.0 Å². The van der Waals surface area contributed by atoms with E-state index in [1.165, 1.54) is 18.2 Å². The fraction of sp³-hybridized carbons (Fsp3) is 0.250. The Hall–Kier alpha value is -3.09. The van der Waals surface area contributed by atoms with E-state index in [1.807, 2.05) is 25.1 Å². The minimum absolute atomic E-state index is 0.0754. The van der Waals surface area contributed by atoms with Gasteiger partial charge in [0.2, 0.25) is 12.7 Å². The van der Waals surface area contributed by atoms with Gasteiger partial charge in [-0.25, -0.2) is 0 Å². The Morgan fingerprint density at radius 2 is 1.93 bits per heavy atom. The third-order valence-electron chi connectivity index (χ3n) is 4.03. The lowest BCUT2D eigenvalue weighted by Crippen LogP contribution is -2.28. The first kappa shape index (κ1) is 18.7. The molecule has 142 valence electrons. The molecule has 0 bridgehead atoms. The number of nitrogens with zero attached hydrogens (tertiary/aromatic N) is 1. The van der Waals surface area contributed by atoms with Crippen molar-refractivity contribution in [2.45, 2.75) is 20.1 Å². The van der Waals surface area contributed by atoms with E-state index in [0.29, 0.717) is 30.2 Å². The summed E-state index contributed by atoms with van der Waals surface area (Å²) in [6.45, 7) is 0.229. The highest BCUT2D eigenvalue weighted by atomic mass is 19.3. The molecule has 7 heteroatoms. The van der Waals surface area contributed by atoms with Crippen LogP contribution < -0.4 is 14.2 Å². The third-order valence-corrected chi connectivity index (χ3v) is 4.03. The van der Waals surface area contributed by atoms with Crippen LogP contribution in [-0.4, -0.2) is 30.8 Å². The Labute approximate surface area is 155 Å². The molecule has 0 atom stereocenters. The quantitative estimate of drug-likeness (QED) is 0.685. The maximum Gasteiger partial charge on any atom is 0.387 e. The normalized spacial score (nSPS) is 12.6. The molecule has 1 aliphatic heterocycles. The predicted octanol–water partition coefficient (Wildman–Crippen LogP) is 4.08. The van der Waals surface area contributed by atoms with Crippen molar-refractivity contribution in [1.29, 1.82) is 0 Å². The first-order chi connectivity index (χ1) is 13.0. The van der Waals surface area contributed by atoms with Crippen molar-refractivity contribution in [2.24, 2.45) is 0 Å². The van der Waals surface area contributed by atoms with Gasteiger partial charge in [0.15, 0.2) is 11.5 Å². The lowest BCUT2D eigenvalue weighted by molar-refractivity contribution is -0.126. The van der Waals surface area contributed by atoms with Crippen LogP contribution >= 0.6 is 0 Å². The fourth-order valence-corrected chi connectivity index (χ4v) is 2.64. The van der Waals surface area contributed by atoms with Gasteiger partial charge in [0.05, 0.1) is 0 Å². The highest BCUT2D eigenvalue weighted by Gasteiger charge is 2.15. The topological polar surface area (TPSA) is 48.0 Å². The zero-order chi connectivity index (χ0) is 19.2. The number of carbonyl (C=O) groups is 1. The molecular formula is C20H19F2NO4. The number of likely N-dealkylation sites (N-methyl/N-ethyl adjacent to an activating group) is 1. The summed E-state index contributed by atoms with van der Waals surface area (Å²) in [7, 11) is 0. The van der Waals surface area contributed by atoms with Crippen LogP contribution in [0.15, 0.2) is 48.5 Å². The van der Waals surface area contributed by atoms with Crippen molar-refractivity contribution in [3.63, 3.8) is 0 Å². The molecule has 1 amide bonds. The number of ether oxygens (including phenoxy) is 3. The number of hydrogen-bond acceptors (Lipinski definition) is 4. The van der Waals surface area contributed by atoms with Crippen LogP contribution in [0.25, 0.3) is 6.08 Å². The lowest BCUT2D eigenvalue weighted by atomic mass is 10.1. The Bertz CT molecular complexity index is 821. The molecular weight excluding hydrogens is 356 g/mol. The summed E-state index contributed by atoms with van der Waals surface area (Å²) in [5.41, 5.74) is 1.65. The summed E-state index contributed by atoms with van der Waals surface area (Å²) in [6.07, 6.45) is 3.09. The monoisotopic (exact) mass is 375 g/mol. The van der Waals surface area contributed by atoms with Crippen LogP contribution in [0.4, 0.5) is 8.78 Å². The number of halogens is 2. The number of benzene rings is 2. The molecule has 0 fully saturated rings. The zero-order valence-corrected chi connectivity index (χ0v) is 14.7. The second-order valence-corrected chi connectivity index (χ2v) is 5.82. The van der Waals surface area contributed by atoms with Crippen molar-refractivity contribution in [1.82, 2.24) is 4.90 Å². The fourth-order valence-electron chi connectivity index (χ4n) is 2.64. The van der Waals surface area contributed by atoms with Gasteiger partial charge >= 0.3 is 6.61 Å². The Kier molecular flexibility index (Phi) is 5.90. The van der Waals surface area contributed by atoms with Crippen LogP contribution in [-0.2, 0) is 11.3 Å². The molecule has 1 aliphatic rings. The standard InChI is InChI=1S/C20H19F2NO4/c1-2-23(12-15-5-9-17-18(11-15)26-13-25-17)19(24)10-6-14-3-7-16(8-4-14)27-20(21)22/h3-11,20H,2,12-13H2,1H3/b10-6+. The molecule has 0 unspecified atom stereocenters. The number of alkyl halides is 2. The first-order valence-electron chi connectivity index (χ1n) is 8.45. The molecule has 0 aliphatic carbocycles. The molecule has 3 rings (SSSR count). The van der Waals surface area contributed by atoms with E-state index in [9.17, 15) is 13.6 Å². The predicted molar refractivity (Wildman–Crippen MR) is 95.8 cm³/mol. The smallest absolute Gasteiger partial charge is 0.387 e. The molecule has 2 aromatic rings. The first-order valence-corrected chi connectivity index (χ1v) is 8.45. The van der Waals surface area contributed by atoms with Crippen LogP contribution in [0.3, 0.4) is 0 Å². The molecule has 0 N–H and O–H groups in total. The summed E-state index contributed by atoms with van der Waals surface area (Å²) in [5.74, 6) is 1.31. The van der Waals surface area contributed by atoms with Crippen LogP contribution in [0.1, 0.15) is 18.1 Å². The van der Waals surface area contributed by atoms with E-state index in [1.54, 1.807) is 23.1 Å². The van der Waals surface area contributed by atoms with Gasteiger partial charge in [-0.05, 0) is 48.4 Å². The van der Waals surface area contributed by atoms with Crippen molar-refractivity contribution in [2.75, 3.05) is 13.3 Å². The van der Waals surface area contributed by atoms with Gasteiger partial charge in [-0.1, -0.05) is 18.2 Å². The van der Waals surface area contributed by atoms with Gasteiger partial charge < -0.3 is 19.1 Å². The summed E-state index contributed by atoms with van der Waals surface area (Å²) in [4.78, 5) is 14.1. The summed E-state index contributed by atoms with van der Waals surface area (Å²) in [5, 5.41) is 0. The summed E-state index contributed by atoms with van der Waals surface area (Å²) in [6, 6.07) is 11.7. The molecule has 2 aromatic carbocycles. The van der Waals surface area contributed by atoms with E-state index in [-0.39, 0.29) is 18.4 Å². The molecule has 0 radical (unpaired) electrons. The molecule has 27 heavy (non-hydrogen) atoms. The van der Waals surface area contributed by atoms with E-state index in [4.69, 9.17) is 9.47 Å². The van der Waals surface area contributed by atoms with E-state index in [0.717, 1.165) is 5.56 Å². The number of amides is 1. The Morgan fingerprint density at radius 3 is 2.63 bits per heavy atom. The van der Waals surface area contributed by atoms with Crippen LogP contribution in [0.5, 0.6) is 17.2 Å². The zero-order valence-electron chi connectivity index (χ0n) is 14.7. The average Bonchev–Trinajstić information content (AvgIpc) is 3.12. The van der Waals surface area contributed by atoms with Gasteiger partial charge in [0.25, 0.3) is 0 Å². The van der Waals surface area contributed by atoms with Gasteiger partial charge in [0.1, 0.15) is 5.75 Å². The van der Waals surface area contributed by atoms with Gasteiger partial charge in [0, 0.05) is 19.2 Å². The number of fused-ring (bicyclic) bond motifs is 1. The average molecular weight is 375 g/mol. The summed E-state index contributed by atoms with van der Waals surface area (Å²) >= 11 is 0. The molecule has 0 saturated heterocycles. The Balaban J connectivity index is 1.61. The number of rotatable bonds is 7. The Morgan fingerprint density at radius 1 is 1.19 bits per heavy atom. The van der Waals surface area contributed by atoms with Gasteiger partial charge in [-0.2, -0.15) is 8.78 Å². The van der Waals surface area contributed by atoms with Gasteiger partial charge in [-0.15, -0.1) is 0 Å². The molecule has 1 heterocycles. The minimum Gasteiger partial charge on any atom is -0.454 e. The van der Waals surface area contributed by atoms with E-state index in [2.05, 4.69) is 4.74 Å². The van der Waals surface area contributed by atoms with Crippen LogP contribution in [0, 0.1) is 0 Å². The number of hydrogen-bond donors (Lipinski definition) is 0. The highest BCUT2D eigenvalue weighted by molar-refractivity contribution is 5.91. The second-order valence-electron chi connectivity index (χ2n) is 5.82. The highest BCUT2D eigenvalue weighted by Crippen LogP contribution is 2.32. The number of carbonyl (C=O) groups excluding carboxylic acids is 1. The maximum absolute atomic E-state index is 12.5. The minimum atomic E-state index is -2.86. The van der Waals surface area contributed by atoms with E-state index >= 15 is 0 Å². The molecule has 0 aromatic heterocycles. The molecule has 5 nitrogen and oxygen atoms in total. The van der Waals surface area contributed by atoms with E-state index < -0.39 is 6.61 Å². The maximum atomic E-state index is 12.5. The molecule has 0 saturated carbocycles. The second kappa shape index (κ2) is 8.53. The third kappa shape index (κ3) is 4.97.